The molecule has 7 heteroatoms. The van der Waals surface area contributed by atoms with Crippen LogP contribution in [0.2, 0.25) is 0 Å². The van der Waals surface area contributed by atoms with Gasteiger partial charge < -0.3 is 9.64 Å². The second-order valence-corrected chi connectivity index (χ2v) is 7.53. The van der Waals surface area contributed by atoms with Crippen LogP contribution in [0.5, 0.6) is 0 Å². The molecule has 2 aromatic carbocycles. The summed E-state index contributed by atoms with van der Waals surface area (Å²) in [6, 6.07) is 12.0. The molecule has 0 amide bonds. The average Bonchev–Trinajstić information content (AvgIpc) is 2.87. The average molecular weight is 394 g/mol. The number of esters is 1. The van der Waals surface area contributed by atoms with Crippen LogP contribution >= 0.6 is 0 Å². The molecule has 29 heavy (non-hydrogen) atoms. The Bertz CT molecular complexity index is 1040. The third-order valence-electron chi connectivity index (χ3n) is 5.23. The smallest absolute Gasteiger partial charge is 0.338 e. The van der Waals surface area contributed by atoms with Gasteiger partial charge in [-0.3, -0.25) is 14.9 Å². The number of anilines is 1. The Morgan fingerprint density at radius 2 is 1.90 bits per heavy atom. The monoisotopic (exact) mass is 394 g/mol. The highest BCUT2D eigenvalue weighted by Gasteiger charge is 2.38. The standard InChI is InChI=1S/C22H22N2O5/c1-14-9-10-15(11-19(14)24(27)28)21(26)29-13-16(25)12-20-22(2,3)17-7-5-6-8-18(17)23(20)4/h5-12H,13H2,1-4H3. The van der Waals surface area contributed by atoms with Crippen molar-refractivity contribution in [1.29, 1.82) is 0 Å². The first-order chi connectivity index (χ1) is 13.6. The Morgan fingerprint density at radius 1 is 1.21 bits per heavy atom. The number of nitrogens with zero attached hydrogens (tertiary/aromatic N) is 2. The molecule has 0 saturated carbocycles. The molecule has 2 aromatic rings. The van der Waals surface area contributed by atoms with Crippen LogP contribution in [-0.2, 0) is 14.9 Å². The van der Waals surface area contributed by atoms with Gasteiger partial charge >= 0.3 is 5.97 Å². The fraction of sp³-hybridized carbons (Fsp3) is 0.273. The van der Waals surface area contributed by atoms with E-state index in [1.165, 1.54) is 18.2 Å². The minimum Gasteiger partial charge on any atom is -0.454 e. The summed E-state index contributed by atoms with van der Waals surface area (Å²) in [6.45, 7) is 5.21. The molecule has 0 unspecified atom stereocenters. The number of para-hydroxylation sites is 1. The Balaban J connectivity index is 1.73. The molecule has 0 radical (unpaired) electrons. The fourth-order valence-corrected chi connectivity index (χ4v) is 3.61. The third kappa shape index (κ3) is 3.76. The number of hydrogen-bond donors (Lipinski definition) is 0. The van der Waals surface area contributed by atoms with Gasteiger partial charge in [0.2, 0.25) is 0 Å². The van der Waals surface area contributed by atoms with E-state index in [1.54, 1.807) is 6.92 Å². The van der Waals surface area contributed by atoms with Crippen LogP contribution in [0.1, 0.15) is 35.3 Å². The molecule has 1 heterocycles. The molecule has 150 valence electrons. The van der Waals surface area contributed by atoms with Crippen LogP contribution in [0.25, 0.3) is 0 Å². The number of fused-ring (bicyclic) bond motifs is 1. The van der Waals surface area contributed by atoms with E-state index in [1.807, 2.05) is 50.1 Å². The fourth-order valence-electron chi connectivity index (χ4n) is 3.61. The van der Waals surface area contributed by atoms with Crippen molar-refractivity contribution < 1.29 is 19.2 Å². The number of ketones is 1. The first-order valence-corrected chi connectivity index (χ1v) is 9.13. The van der Waals surface area contributed by atoms with E-state index in [0.29, 0.717) is 5.56 Å². The van der Waals surface area contributed by atoms with Crippen LogP contribution in [0.4, 0.5) is 11.4 Å². The number of rotatable bonds is 5. The zero-order chi connectivity index (χ0) is 21.3. The third-order valence-corrected chi connectivity index (χ3v) is 5.23. The van der Waals surface area contributed by atoms with Crippen LogP contribution in [-0.4, -0.2) is 30.3 Å². The predicted molar refractivity (Wildman–Crippen MR) is 109 cm³/mol. The lowest BCUT2D eigenvalue weighted by Crippen LogP contribution is -2.25. The lowest BCUT2D eigenvalue weighted by molar-refractivity contribution is -0.385. The molecule has 7 nitrogen and oxygen atoms in total. The molecule has 0 N–H and O–H groups in total. The highest BCUT2D eigenvalue weighted by Crippen LogP contribution is 2.46. The summed E-state index contributed by atoms with van der Waals surface area (Å²) < 4.78 is 5.08. The van der Waals surface area contributed by atoms with Crippen molar-refractivity contribution in [3.05, 3.63) is 81.0 Å². The molecule has 0 atom stereocenters. The zero-order valence-corrected chi connectivity index (χ0v) is 16.8. The van der Waals surface area contributed by atoms with Gasteiger partial charge in [-0.05, 0) is 24.6 Å². The van der Waals surface area contributed by atoms with Crippen molar-refractivity contribution in [2.75, 3.05) is 18.6 Å². The number of hydrogen-bond acceptors (Lipinski definition) is 6. The van der Waals surface area contributed by atoms with E-state index in [4.69, 9.17) is 4.74 Å². The molecule has 0 saturated heterocycles. The van der Waals surface area contributed by atoms with Gasteiger partial charge in [0.05, 0.1) is 10.5 Å². The zero-order valence-electron chi connectivity index (χ0n) is 16.8. The first kappa shape index (κ1) is 20.3. The van der Waals surface area contributed by atoms with Gasteiger partial charge in [-0.1, -0.05) is 38.1 Å². The number of likely N-dealkylation sites (N-methyl/N-ethyl adjacent to an activating group) is 1. The number of aryl methyl sites for hydroxylation is 1. The number of ether oxygens (including phenoxy) is 1. The molecule has 1 aliphatic rings. The largest absolute Gasteiger partial charge is 0.454 e. The highest BCUT2D eigenvalue weighted by molar-refractivity contribution is 5.96. The second kappa shape index (κ2) is 7.50. The van der Waals surface area contributed by atoms with Crippen molar-refractivity contribution >= 4 is 23.1 Å². The lowest BCUT2D eigenvalue weighted by atomic mass is 9.83. The summed E-state index contributed by atoms with van der Waals surface area (Å²) in [7, 11) is 1.89. The van der Waals surface area contributed by atoms with Crippen molar-refractivity contribution in [3.63, 3.8) is 0 Å². The van der Waals surface area contributed by atoms with Gasteiger partial charge in [-0.25, -0.2) is 4.79 Å². The minimum absolute atomic E-state index is 0.0356. The number of carbonyl (C=O) groups is 2. The summed E-state index contributed by atoms with van der Waals surface area (Å²) in [4.78, 5) is 37.1. The molecular formula is C22H22N2O5. The predicted octanol–water partition coefficient (Wildman–Crippen LogP) is 3.94. The van der Waals surface area contributed by atoms with Crippen LogP contribution in [0.3, 0.4) is 0 Å². The molecule has 0 fully saturated rings. The maximum atomic E-state index is 12.5. The minimum atomic E-state index is -0.776. The second-order valence-electron chi connectivity index (χ2n) is 7.53. The van der Waals surface area contributed by atoms with Gasteiger partial charge in [0, 0.05) is 41.6 Å². The number of nitro benzene ring substituents is 1. The van der Waals surface area contributed by atoms with Gasteiger partial charge in [0.1, 0.15) is 0 Å². The molecule has 0 spiro atoms. The van der Waals surface area contributed by atoms with Gasteiger partial charge in [0.15, 0.2) is 12.4 Å². The lowest BCUT2D eigenvalue weighted by Gasteiger charge is -2.23. The van der Waals surface area contributed by atoms with E-state index in [-0.39, 0.29) is 22.4 Å². The maximum Gasteiger partial charge on any atom is 0.338 e. The van der Waals surface area contributed by atoms with Crippen LogP contribution < -0.4 is 4.90 Å². The Morgan fingerprint density at radius 3 is 2.55 bits per heavy atom. The number of allylic oxidation sites excluding steroid dienone is 1. The highest BCUT2D eigenvalue weighted by atomic mass is 16.6. The van der Waals surface area contributed by atoms with Crippen molar-refractivity contribution in [2.24, 2.45) is 0 Å². The Kier molecular flexibility index (Phi) is 5.24. The van der Waals surface area contributed by atoms with E-state index in [2.05, 4.69) is 0 Å². The van der Waals surface area contributed by atoms with E-state index in [0.717, 1.165) is 23.0 Å². The van der Waals surface area contributed by atoms with Crippen LogP contribution in [0, 0.1) is 17.0 Å². The van der Waals surface area contributed by atoms with Crippen molar-refractivity contribution in [1.82, 2.24) is 0 Å². The summed E-state index contributed by atoms with van der Waals surface area (Å²) >= 11 is 0. The maximum absolute atomic E-state index is 12.5. The summed E-state index contributed by atoms with van der Waals surface area (Å²) in [5, 5.41) is 11.0. The van der Waals surface area contributed by atoms with Crippen molar-refractivity contribution in [3.8, 4) is 0 Å². The molecule has 1 aliphatic heterocycles. The number of benzene rings is 2. The first-order valence-electron chi connectivity index (χ1n) is 9.13. The van der Waals surface area contributed by atoms with Gasteiger partial charge in [-0.2, -0.15) is 0 Å². The van der Waals surface area contributed by atoms with E-state index < -0.39 is 17.5 Å². The number of nitro groups is 1. The van der Waals surface area contributed by atoms with E-state index >= 15 is 0 Å². The summed E-state index contributed by atoms with van der Waals surface area (Å²) in [5.74, 6) is -1.13. The van der Waals surface area contributed by atoms with E-state index in [9.17, 15) is 19.7 Å². The van der Waals surface area contributed by atoms with Crippen molar-refractivity contribution in [2.45, 2.75) is 26.2 Å². The Hall–Kier alpha value is -3.48. The van der Waals surface area contributed by atoms with Crippen LogP contribution in [0.15, 0.2) is 54.2 Å². The summed E-state index contributed by atoms with van der Waals surface area (Å²) in [5.41, 5.74) is 2.91. The van der Waals surface area contributed by atoms with Gasteiger partial charge in [0.25, 0.3) is 5.69 Å². The molecule has 0 bridgehead atoms. The molecule has 0 aromatic heterocycles. The topological polar surface area (TPSA) is 89.8 Å². The normalized spacial score (nSPS) is 15.9. The molecule has 0 aliphatic carbocycles. The van der Waals surface area contributed by atoms with Gasteiger partial charge in [-0.15, -0.1) is 0 Å². The molecular weight excluding hydrogens is 372 g/mol. The summed E-state index contributed by atoms with van der Waals surface area (Å²) in [6.07, 6.45) is 1.49. The SMILES string of the molecule is Cc1ccc(C(=O)OCC(=O)C=C2N(C)c3ccccc3C2(C)C)cc1[N+](=O)[O-]. The molecule has 3 rings (SSSR count). The number of carbonyl (C=O) groups excluding carboxylic acids is 2. The Labute approximate surface area is 168 Å². The quantitative estimate of drug-likeness (QED) is 0.330.